The van der Waals surface area contributed by atoms with Crippen molar-refractivity contribution in [3.8, 4) is 0 Å². The van der Waals surface area contributed by atoms with Crippen LogP contribution in [0.1, 0.15) is 117 Å². The van der Waals surface area contributed by atoms with Crippen LogP contribution in [0, 0.1) is 0 Å². The number of hydrogen-bond donors (Lipinski definition) is 0. The molecule has 0 aromatic heterocycles. The van der Waals surface area contributed by atoms with E-state index in [4.69, 9.17) is 0 Å². The average molecular weight is 388 g/mol. The Labute approximate surface area is 152 Å². The van der Waals surface area contributed by atoms with Gasteiger partial charge in [0, 0.05) is 0 Å². The minimum absolute atomic E-state index is 1.21. The molecule has 0 N–H and O–H groups in total. The van der Waals surface area contributed by atoms with Gasteiger partial charge in [0.2, 0.25) is 0 Å². The first-order chi connectivity index (χ1) is 11.1. The summed E-state index contributed by atoms with van der Waals surface area (Å²) in [6, 6.07) is 0. The van der Waals surface area contributed by atoms with Crippen molar-refractivity contribution in [2.45, 2.75) is 138 Å². The fourth-order valence-corrected chi connectivity index (χ4v) is 8.46. The zero-order valence-electron chi connectivity index (χ0n) is 17.2. The van der Waals surface area contributed by atoms with E-state index in [1.165, 1.54) is 103 Å². The summed E-state index contributed by atoms with van der Waals surface area (Å²) in [6.45, 7) is 4.61. The van der Waals surface area contributed by atoms with Gasteiger partial charge < -0.3 is 0 Å². The van der Waals surface area contributed by atoms with Crippen LogP contribution in [0.25, 0.3) is 0 Å². The Kier molecular flexibility index (Phi) is 17.8. The molecular weight excluding hydrogens is 339 g/mol. The third kappa shape index (κ3) is 18.7. The maximum absolute atomic E-state index is 2.67. The van der Waals surface area contributed by atoms with Gasteiger partial charge in [-0.1, -0.05) is 0 Å². The molecule has 0 nitrogen and oxygen atoms in total. The van der Waals surface area contributed by atoms with Gasteiger partial charge in [-0.2, -0.15) is 0 Å². The molecule has 0 rings (SSSR count). The molecule has 0 aliphatic rings. The Morgan fingerprint density at radius 1 is 0.391 bits per heavy atom. The zero-order chi connectivity index (χ0) is 17.2. The van der Waals surface area contributed by atoms with Crippen LogP contribution in [0.2, 0.25) is 21.8 Å². The molecule has 1 heteroatoms. The van der Waals surface area contributed by atoms with Gasteiger partial charge in [-0.3, -0.25) is 0 Å². The molecule has 0 fully saturated rings. The molecule has 0 aliphatic carbocycles. The molecule has 0 saturated carbocycles. The van der Waals surface area contributed by atoms with Gasteiger partial charge in [0.15, 0.2) is 0 Å². The van der Waals surface area contributed by atoms with E-state index in [0.29, 0.717) is 0 Å². The van der Waals surface area contributed by atoms with E-state index in [2.05, 4.69) is 25.3 Å². The first-order valence-electron chi connectivity index (χ1n) is 10.9. The van der Waals surface area contributed by atoms with Gasteiger partial charge >= 0.3 is 152 Å². The van der Waals surface area contributed by atoms with Crippen LogP contribution in [0.4, 0.5) is 0 Å². The van der Waals surface area contributed by atoms with E-state index in [-0.39, 0.29) is 0 Å². The Balaban J connectivity index is 3.33. The quantitative estimate of drug-likeness (QED) is 0.163. The third-order valence-electron chi connectivity index (χ3n) is 5.23. The summed E-state index contributed by atoms with van der Waals surface area (Å²) >= 11 is -1.21. The van der Waals surface area contributed by atoms with Crippen molar-refractivity contribution in [1.29, 1.82) is 0 Å². The molecule has 0 heterocycles. The average Bonchev–Trinajstić information content (AvgIpc) is 2.52. The summed E-state index contributed by atoms with van der Waals surface area (Å²) in [5.41, 5.74) is 5.33. The monoisotopic (exact) mass is 387 g/mol. The first kappa shape index (κ1) is 23.6. The van der Waals surface area contributed by atoms with Gasteiger partial charge in [0.1, 0.15) is 0 Å². The van der Waals surface area contributed by atoms with E-state index in [0.717, 1.165) is 0 Å². The second kappa shape index (κ2) is 17.4. The van der Waals surface area contributed by atoms with Crippen molar-refractivity contribution in [2.24, 2.45) is 0 Å². The number of rotatable bonds is 18. The Bertz CT molecular complexity index is 200. The molecule has 0 unspecified atom stereocenters. The summed E-state index contributed by atoms with van der Waals surface area (Å²) in [5.74, 6) is 0. The number of unbranched alkanes of at least 4 members (excludes halogenated alkanes) is 14. The predicted molar refractivity (Wildman–Crippen MR) is 112 cm³/mol. The van der Waals surface area contributed by atoms with Crippen molar-refractivity contribution in [1.82, 2.24) is 0 Å². The fraction of sp³-hybridized carbons (Fsp3) is 1.00. The Morgan fingerprint density at radius 3 is 0.957 bits per heavy atom. The summed E-state index contributed by atoms with van der Waals surface area (Å²) in [7, 11) is 0. The zero-order valence-corrected chi connectivity index (χ0v) is 19.1. The van der Waals surface area contributed by atoms with Crippen molar-refractivity contribution < 1.29 is 0 Å². The molecule has 0 radical (unpaired) electrons. The summed E-state index contributed by atoms with van der Waals surface area (Å²) in [4.78, 5) is 0. The molecular formula is C22H48As+. The predicted octanol–water partition coefficient (Wildman–Crippen LogP) is 8.98. The van der Waals surface area contributed by atoms with Gasteiger partial charge in [-0.25, -0.2) is 0 Å². The van der Waals surface area contributed by atoms with Crippen molar-refractivity contribution in [3.05, 3.63) is 0 Å². The Morgan fingerprint density at radius 2 is 0.652 bits per heavy atom. The molecule has 0 spiro atoms. The van der Waals surface area contributed by atoms with Crippen LogP contribution in [0.5, 0.6) is 0 Å². The fourth-order valence-electron chi connectivity index (χ4n) is 3.46. The topological polar surface area (TPSA) is 0 Å². The normalized spacial score (nSPS) is 12.0. The minimum atomic E-state index is -1.21. The van der Waals surface area contributed by atoms with E-state index < -0.39 is 13.6 Å². The molecule has 0 bridgehead atoms. The maximum atomic E-state index is 2.67. The molecule has 0 saturated heterocycles. The standard InChI is InChI=1S/C22H48As/c1-5-7-9-11-13-15-17-19-21-23(3,4)22-20-18-16-14-12-10-8-6-2/h5-22H2,1-4H3/q+1. The summed E-state index contributed by atoms with van der Waals surface area (Å²) in [6.07, 6.45) is 23.6. The van der Waals surface area contributed by atoms with Gasteiger partial charge in [0.25, 0.3) is 0 Å². The molecule has 23 heavy (non-hydrogen) atoms. The van der Waals surface area contributed by atoms with E-state index in [1.54, 1.807) is 10.4 Å². The van der Waals surface area contributed by atoms with Gasteiger partial charge in [0.05, 0.1) is 0 Å². The van der Waals surface area contributed by atoms with E-state index >= 15 is 0 Å². The Hall–Kier alpha value is 0.558. The molecule has 0 amide bonds. The van der Waals surface area contributed by atoms with Crippen molar-refractivity contribution in [3.63, 3.8) is 0 Å². The molecule has 140 valence electrons. The van der Waals surface area contributed by atoms with E-state index in [9.17, 15) is 0 Å². The van der Waals surface area contributed by atoms with Crippen LogP contribution < -0.4 is 0 Å². The van der Waals surface area contributed by atoms with E-state index in [1.807, 2.05) is 0 Å². The van der Waals surface area contributed by atoms with Crippen molar-refractivity contribution in [2.75, 3.05) is 0 Å². The summed E-state index contributed by atoms with van der Waals surface area (Å²) < 4.78 is 0. The van der Waals surface area contributed by atoms with Gasteiger partial charge in [-0.15, -0.1) is 0 Å². The van der Waals surface area contributed by atoms with Crippen LogP contribution in [-0.2, 0) is 0 Å². The second-order valence-electron chi connectivity index (χ2n) is 8.33. The van der Waals surface area contributed by atoms with Crippen LogP contribution in [-0.4, -0.2) is 13.6 Å². The third-order valence-corrected chi connectivity index (χ3v) is 11.6. The molecule has 0 aromatic carbocycles. The van der Waals surface area contributed by atoms with Crippen LogP contribution in [0.15, 0.2) is 0 Å². The van der Waals surface area contributed by atoms with Crippen LogP contribution in [0.3, 0.4) is 0 Å². The second-order valence-corrected chi connectivity index (χ2v) is 18.3. The summed E-state index contributed by atoms with van der Waals surface area (Å²) in [5, 5.41) is 3.23. The van der Waals surface area contributed by atoms with Crippen molar-refractivity contribution >= 4 is 13.6 Å². The molecule has 0 aromatic rings. The first-order valence-corrected chi connectivity index (χ1v) is 17.3. The SMILES string of the molecule is CCCCCCCCCC[As+](C)(C)CCCCCCCCCC. The van der Waals surface area contributed by atoms with Crippen LogP contribution >= 0.6 is 0 Å². The molecule has 0 atom stereocenters. The molecule has 0 aliphatic heterocycles. The number of hydrogen-bond acceptors (Lipinski definition) is 0. The van der Waals surface area contributed by atoms with Gasteiger partial charge in [-0.05, 0) is 0 Å².